The number of ether oxygens (including phenoxy) is 2. The molecule has 0 radical (unpaired) electrons. The van der Waals surface area contributed by atoms with Crippen molar-refractivity contribution in [3.8, 4) is 5.75 Å². The molecule has 0 aliphatic carbocycles. The summed E-state index contributed by atoms with van der Waals surface area (Å²) in [5.41, 5.74) is 0.421. The van der Waals surface area contributed by atoms with Crippen LogP contribution in [0.15, 0.2) is 71.8 Å². The summed E-state index contributed by atoms with van der Waals surface area (Å²) in [4.78, 5) is 15.3. The number of anilines is 1. The van der Waals surface area contributed by atoms with Gasteiger partial charge in [0.2, 0.25) is 0 Å². The second kappa shape index (κ2) is 10.6. The van der Waals surface area contributed by atoms with Crippen LogP contribution in [0, 0.1) is 0 Å². The van der Waals surface area contributed by atoms with Crippen molar-refractivity contribution in [3.63, 3.8) is 0 Å². The zero-order valence-corrected chi connectivity index (χ0v) is 20.5. The third-order valence-electron chi connectivity index (χ3n) is 5.70. The monoisotopic (exact) mass is 532 g/mol. The molecule has 1 aromatic heterocycles. The lowest BCUT2D eigenvalue weighted by atomic mass is 10.1. The Morgan fingerprint density at radius 2 is 1.95 bits per heavy atom. The Morgan fingerprint density at radius 3 is 2.65 bits per heavy atom. The number of aromatic nitrogens is 1. The summed E-state index contributed by atoms with van der Waals surface area (Å²) in [5, 5.41) is 0. The normalized spacial score (nSPS) is 15.8. The maximum Gasteiger partial charge on any atom is 0.416 e. The molecular formula is C26H23F3N2O5S. The number of carbonyl (C=O) groups excluding carboxylic acids is 1. The number of pyridine rings is 1. The lowest BCUT2D eigenvalue weighted by Gasteiger charge is -2.35. The SMILES string of the molecule is COC(=O)CC[C@H]1CN(S(=O)(=O)c2cccc(C(F)(F)F)c2)c2cc(/C=C/c3ccccn3)ccc2O1. The van der Waals surface area contributed by atoms with Gasteiger partial charge in [-0.25, -0.2) is 8.42 Å². The molecule has 2 heterocycles. The van der Waals surface area contributed by atoms with Crippen LogP contribution in [0.5, 0.6) is 5.75 Å². The van der Waals surface area contributed by atoms with Gasteiger partial charge in [0.1, 0.15) is 11.9 Å². The number of hydrogen-bond donors (Lipinski definition) is 0. The molecule has 0 unspecified atom stereocenters. The van der Waals surface area contributed by atoms with Crippen molar-refractivity contribution < 1.29 is 35.9 Å². The Kier molecular flexibility index (Phi) is 7.53. The number of alkyl halides is 3. The van der Waals surface area contributed by atoms with Gasteiger partial charge in [-0.05, 0) is 60.5 Å². The van der Waals surface area contributed by atoms with E-state index in [4.69, 9.17) is 4.74 Å². The van der Waals surface area contributed by atoms with E-state index in [1.165, 1.54) is 7.11 Å². The predicted molar refractivity (Wildman–Crippen MR) is 131 cm³/mol. The predicted octanol–water partition coefficient (Wildman–Crippen LogP) is 5.18. The fraction of sp³-hybridized carbons (Fsp3) is 0.231. The van der Waals surface area contributed by atoms with E-state index in [1.807, 2.05) is 6.07 Å². The number of halogens is 3. The molecule has 0 fully saturated rings. The highest BCUT2D eigenvalue weighted by Gasteiger charge is 2.37. The first-order valence-corrected chi connectivity index (χ1v) is 12.7. The number of methoxy groups -OCH3 is 1. The van der Waals surface area contributed by atoms with Crippen LogP contribution in [-0.2, 0) is 25.7 Å². The summed E-state index contributed by atoms with van der Waals surface area (Å²) in [7, 11) is -3.18. The molecule has 0 bridgehead atoms. The first-order chi connectivity index (χ1) is 17.6. The number of benzene rings is 2. The molecule has 1 aliphatic heterocycles. The highest BCUT2D eigenvalue weighted by molar-refractivity contribution is 7.92. The molecule has 0 amide bonds. The van der Waals surface area contributed by atoms with Crippen LogP contribution < -0.4 is 9.04 Å². The fourth-order valence-corrected chi connectivity index (χ4v) is 5.35. The van der Waals surface area contributed by atoms with E-state index in [9.17, 15) is 26.4 Å². The number of rotatable bonds is 7. The van der Waals surface area contributed by atoms with Crippen molar-refractivity contribution in [1.82, 2.24) is 4.98 Å². The van der Waals surface area contributed by atoms with Crippen LogP contribution in [0.1, 0.15) is 29.7 Å². The molecule has 3 aromatic rings. The largest absolute Gasteiger partial charge is 0.486 e. The van der Waals surface area contributed by atoms with Gasteiger partial charge in [-0.1, -0.05) is 24.3 Å². The molecule has 4 rings (SSSR count). The van der Waals surface area contributed by atoms with Gasteiger partial charge in [-0.2, -0.15) is 13.2 Å². The number of sulfonamides is 1. The van der Waals surface area contributed by atoms with Crippen LogP contribution in [-0.4, -0.2) is 39.1 Å². The van der Waals surface area contributed by atoms with Crippen LogP contribution >= 0.6 is 0 Å². The summed E-state index contributed by atoms with van der Waals surface area (Å²) in [6, 6.07) is 13.9. The number of nitrogens with zero attached hydrogens (tertiary/aromatic N) is 2. The van der Waals surface area contributed by atoms with Crippen molar-refractivity contribution in [1.29, 1.82) is 0 Å². The van der Waals surface area contributed by atoms with Crippen LogP contribution in [0.2, 0.25) is 0 Å². The maximum atomic E-state index is 13.6. The van der Waals surface area contributed by atoms with Gasteiger partial charge in [-0.15, -0.1) is 0 Å². The van der Waals surface area contributed by atoms with Gasteiger partial charge in [0.25, 0.3) is 10.0 Å². The molecule has 194 valence electrons. The average Bonchev–Trinajstić information content (AvgIpc) is 2.90. The summed E-state index contributed by atoms with van der Waals surface area (Å²) in [6.07, 6.45) is -0.167. The number of carbonyl (C=O) groups is 1. The van der Waals surface area contributed by atoms with Gasteiger partial charge in [-0.3, -0.25) is 14.1 Å². The van der Waals surface area contributed by atoms with E-state index in [1.54, 1.807) is 48.7 Å². The minimum absolute atomic E-state index is 0.0150. The molecule has 1 aliphatic rings. The Morgan fingerprint density at radius 1 is 1.14 bits per heavy atom. The highest BCUT2D eigenvalue weighted by atomic mass is 32.2. The van der Waals surface area contributed by atoms with Gasteiger partial charge < -0.3 is 9.47 Å². The molecule has 11 heteroatoms. The Hall–Kier alpha value is -3.86. The minimum Gasteiger partial charge on any atom is -0.486 e. The number of hydrogen-bond acceptors (Lipinski definition) is 6. The van der Waals surface area contributed by atoms with E-state index >= 15 is 0 Å². The molecule has 1 atom stereocenters. The second-order valence-corrected chi connectivity index (χ2v) is 10.1. The Balaban J connectivity index is 1.73. The Bertz CT molecular complexity index is 1410. The van der Waals surface area contributed by atoms with E-state index in [0.717, 1.165) is 22.5 Å². The topological polar surface area (TPSA) is 85.8 Å². The summed E-state index contributed by atoms with van der Waals surface area (Å²) >= 11 is 0. The van der Waals surface area contributed by atoms with Crippen molar-refractivity contribution in [2.75, 3.05) is 18.0 Å². The van der Waals surface area contributed by atoms with Crippen molar-refractivity contribution in [3.05, 3.63) is 83.7 Å². The standard InChI is InChI=1S/C26H23F3N2O5S/c1-35-25(32)13-11-21-17-31(37(33,34)22-7-4-5-19(16-22)26(27,28)29)23-15-18(9-12-24(23)36-21)8-10-20-6-2-3-14-30-20/h2-10,12,14-16,21H,11,13,17H2,1H3/b10-8+/t21-/m0/s1. The van der Waals surface area contributed by atoms with Crippen LogP contribution in [0.25, 0.3) is 12.2 Å². The van der Waals surface area contributed by atoms with Crippen molar-refractivity contribution in [2.45, 2.75) is 30.0 Å². The maximum absolute atomic E-state index is 13.6. The van der Waals surface area contributed by atoms with Crippen LogP contribution in [0.4, 0.5) is 18.9 Å². The lowest BCUT2D eigenvalue weighted by Crippen LogP contribution is -2.43. The third kappa shape index (κ3) is 6.11. The quantitative estimate of drug-likeness (QED) is 0.390. The molecule has 0 saturated carbocycles. The first kappa shape index (κ1) is 26.2. The van der Waals surface area contributed by atoms with Crippen LogP contribution in [0.3, 0.4) is 0 Å². The van der Waals surface area contributed by atoms with Gasteiger partial charge >= 0.3 is 12.1 Å². The summed E-state index contributed by atoms with van der Waals surface area (Å²) in [5.74, 6) is -0.261. The first-order valence-electron chi connectivity index (χ1n) is 11.2. The highest BCUT2D eigenvalue weighted by Crippen LogP contribution is 2.40. The van der Waals surface area contributed by atoms with E-state index < -0.39 is 38.7 Å². The Labute approximate surface area is 212 Å². The van der Waals surface area contributed by atoms with E-state index in [2.05, 4.69) is 9.72 Å². The number of esters is 1. The fourth-order valence-electron chi connectivity index (χ4n) is 3.81. The van der Waals surface area contributed by atoms with Gasteiger partial charge in [0.05, 0.1) is 35.5 Å². The minimum atomic E-state index is -4.71. The third-order valence-corrected chi connectivity index (χ3v) is 7.47. The number of fused-ring (bicyclic) bond motifs is 1. The molecule has 0 spiro atoms. The van der Waals surface area contributed by atoms with Gasteiger partial charge in [0, 0.05) is 12.6 Å². The molecule has 2 aromatic carbocycles. The van der Waals surface area contributed by atoms with Crippen molar-refractivity contribution >= 4 is 33.8 Å². The van der Waals surface area contributed by atoms with E-state index in [-0.39, 0.29) is 30.8 Å². The van der Waals surface area contributed by atoms with Crippen molar-refractivity contribution in [2.24, 2.45) is 0 Å². The lowest BCUT2D eigenvalue weighted by molar-refractivity contribution is -0.141. The van der Waals surface area contributed by atoms with Gasteiger partial charge in [0.15, 0.2) is 0 Å². The molecule has 37 heavy (non-hydrogen) atoms. The zero-order valence-electron chi connectivity index (χ0n) is 19.7. The smallest absolute Gasteiger partial charge is 0.416 e. The van der Waals surface area contributed by atoms with E-state index in [0.29, 0.717) is 17.3 Å². The zero-order chi connectivity index (χ0) is 26.6. The molecular weight excluding hydrogens is 509 g/mol. The average molecular weight is 533 g/mol. The molecule has 7 nitrogen and oxygen atoms in total. The second-order valence-electron chi connectivity index (χ2n) is 8.23. The summed E-state index contributed by atoms with van der Waals surface area (Å²) < 4.78 is 78.8. The molecule has 0 N–H and O–H groups in total. The summed E-state index contributed by atoms with van der Waals surface area (Å²) in [6.45, 7) is -0.198. The molecule has 0 saturated heterocycles.